The third-order valence-corrected chi connectivity index (χ3v) is 8.47. The fourth-order valence-electron chi connectivity index (χ4n) is 5.04. The predicted molar refractivity (Wildman–Crippen MR) is 208 cm³/mol. The third-order valence-electron chi connectivity index (χ3n) is 7.78. The van der Waals surface area contributed by atoms with E-state index in [1.807, 2.05) is 102 Å². The lowest BCUT2D eigenvalue weighted by Gasteiger charge is -2.12. The van der Waals surface area contributed by atoms with Crippen LogP contribution in [0.15, 0.2) is 109 Å². The lowest BCUT2D eigenvalue weighted by atomic mass is 9.96. The minimum Gasteiger partial charge on any atom is -0.497 e. The zero-order valence-corrected chi connectivity index (χ0v) is 30.9. The van der Waals surface area contributed by atoms with Gasteiger partial charge in [-0.2, -0.15) is 0 Å². The summed E-state index contributed by atoms with van der Waals surface area (Å²) in [6, 6.07) is 30.6. The Morgan fingerprint density at radius 2 is 1.11 bits per heavy atom. The van der Waals surface area contributed by atoms with Gasteiger partial charge in [-0.05, 0) is 84.6 Å². The maximum absolute atomic E-state index is 12.3. The van der Waals surface area contributed by atoms with Gasteiger partial charge in [0.15, 0.2) is 5.13 Å². The summed E-state index contributed by atoms with van der Waals surface area (Å²) in [7, 11) is 3.28. The molecule has 1 aromatic heterocycles. The molecule has 0 bridgehead atoms. The molecule has 5 rings (SSSR count). The average Bonchev–Trinajstić information content (AvgIpc) is 3.70. The van der Waals surface area contributed by atoms with Crippen molar-refractivity contribution in [2.45, 2.75) is 51.7 Å². The van der Waals surface area contributed by atoms with Gasteiger partial charge >= 0.3 is 5.97 Å². The molecule has 0 aliphatic rings. The van der Waals surface area contributed by atoms with Crippen LogP contribution < -0.4 is 24.3 Å². The van der Waals surface area contributed by atoms with Gasteiger partial charge < -0.3 is 29.4 Å². The number of rotatable bonds is 15. The highest BCUT2D eigenvalue weighted by atomic mass is 32.1. The first-order valence-corrected chi connectivity index (χ1v) is 17.6. The number of carbonyl (C=O) groups excluding carboxylic acids is 1. The number of nitrogens with one attached hydrogen (secondary N) is 1. The van der Waals surface area contributed by atoms with Crippen LogP contribution in [0.1, 0.15) is 60.8 Å². The largest absolute Gasteiger partial charge is 0.497 e. The zero-order valence-electron chi connectivity index (χ0n) is 30.1. The Bertz CT molecular complexity index is 1990. The highest BCUT2D eigenvalue weighted by Crippen LogP contribution is 2.25. The minimum atomic E-state index is -0.859. The highest BCUT2D eigenvalue weighted by molar-refractivity contribution is 7.13. The predicted octanol–water partition coefficient (Wildman–Crippen LogP) is 8.72. The number of nitrogens with zero attached hydrogens (tertiary/aromatic N) is 1. The van der Waals surface area contributed by atoms with E-state index < -0.39 is 5.97 Å². The molecule has 2 unspecified atom stereocenters. The van der Waals surface area contributed by atoms with E-state index in [0.717, 1.165) is 45.3 Å². The Morgan fingerprint density at radius 3 is 1.49 bits per heavy atom. The van der Waals surface area contributed by atoms with Crippen LogP contribution in [0.5, 0.6) is 23.0 Å². The summed E-state index contributed by atoms with van der Waals surface area (Å²) in [4.78, 5) is 27.3. The van der Waals surface area contributed by atoms with Crippen molar-refractivity contribution in [2.24, 2.45) is 0 Å². The Hall–Kier alpha value is -6.23. The van der Waals surface area contributed by atoms with Gasteiger partial charge in [-0.3, -0.25) is 9.59 Å². The van der Waals surface area contributed by atoms with Crippen LogP contribution in [0.2, 0.25) is 0 Å². The van der Waals surface area contributed by atoms with E-state index in [1.165, 1.54) is 11.3 Å². The number of carbonyl (C=O) groups is 2. The lowest BCUT2D eigenvalue weighted by Crippen LogP contribution is -2.15. The van der Waals surface area contributed by atoms with Gasteiger partial charge in [0.25, 0.3) is 0 Å². The average molecular weight is 731 g/mol. The summed E-state index contributed by atoms with van der Waals surface area (Å²) in [5.41, 5.74) is 3.96. The normalized spacial score (nSPS) is 11.1. The third kappa shape index (κ3) is 13.4. The number of ether oxygens (including phenoxy) is 4. The molecule has 10 heteroatoms. The van der Waals surface area contributed by atoms with Crippen molar-refractivity contribution in [1.29, 1.82) is 0 Å². The molecular formula is C43H42N2O7S. The van der Waals surface area contributed by atoms with Gasteiger partial charge in [0.05, 0.1) is 32.5 Å². The molecule has 5 aromatic rings. The molecule has 0 fully saturated rings. The number of aliphatic carboxylic acids is 1. The standard InChI is InChI=1S/C23H22N2O3S.C20H20O4/c1-3-4-19(15-22(26)25-23-24-13-14-29-23)18-7-11-21(12-8-18)28-16-17-5-9-20(27-2)10-6-17;1-3-4-17(13-20(21)22)16-7-11-19(12-8-16)24-14-15-5-9-18(23-2)10-6-15/h5-14,19H,15-16H2,1-2H3,(H,24,25,26);5-12,17H,13-14H2,1-2H3,(H,21,22). The molecule has 4 aromatic carbocycles. The van der Waals surface area contributed by atoms with Crippen LogP contribution >= 0.6 is 11.3 Å². The number of methoxy groups -OCH3 is 2. The maximum atomic E-state index is 12.3. The lowest BCUT2D eigenvalue weighted by molar-refractivity contribution is -0.137. The molecule has 0 saturated heterocycles. The Balaban J connectivity index is 0.000000241. The smallest absolute Gasteiger partial charge is 0.304 e. The molecule has 2 N–H and O–H groups in total. The van der Waals surface area contributed by atoms with Crippen LogP contribution in [-0.2, 0) is 22.8 Å². The van der Waals surface area contributed by atoms with E-state index in [0.29, 0.717) is 18.3 Å². The van der Waals surface area contributed by atoms with Crippen LogP contribution in [0.25, 0.3) is 0 Å². The van der Waals surface area contributed by atoms with E-state index >= 15 is 0 Å². The summed E-state index contributed by atoms with van der Waals surface area (Å²) in [5.74, 6) is 13.4. The van der Waals surface area contributed by atoms with Crippen molar-refractivity contribution in [1.82, 2.24) is 4.98 Å². The summed E-state index contributed by atoms with van der Waals surface area (Å²) in [5, 5.41) is 14.2. The Morgan fingerprint density at radius 1 is 0.679 bits per heavy atom. The van der Waals surface area contributed by atoms with E-state index in [-0.39, 0.29) is 30.6 Å². The van der Waals surface area contributed by atoms with Gasteiger partial charge in [0.1, 0.15) is 36.2 Å². The fourth-order valence-corrected chi connectivity index (χ4v) is 5.58. The molecule has 0 aliphatic carbocycles. The molecular weight excluding hydrogens is 689 g/mol. The number of carboxylic acid groups (broad SMARTS) is 1. The summed E-state index contributed by atoms with van der Waals surface area (Å²) < 4.78 is 21.9. The first kappa shape index (κ1) is 39.6. The van der Waals surface area contributed by atoms with Crippen LogP contribution in [-0.4, -0.2) is 36.2 Å². The Kier molecular flexibility index (Phi) is 15.8. The van der Waals surface area contributed by atoms with E-state index in [9.17, 15) is 9.59 Å². The number of hydrogen-bond acceptors (Lipinski definition) is 8. The van der Waals surface area contributed by atoms with Crippen LogP contribution in [0, 0.1) is 23.7 Å². The molecule has 0 spiro atoms. The van der Waals surface area contributed by atoms with Crippen molar-refractivity contribution in [3.8, 4) is 46.7 Å². The molecule has 2 atom stereocenters. The second kappa shape index (κ2) is 21.2. The molecule has 9 nitrogen and oxygen atoms in total. The number of carboxylic acids is 1. The van der Waals surface area contributed by atoms with Crippen molar-refractivity contribution in [3.63, 3.8) is 0 Å². The molecule has 1 amide bonds. The molecule has 53 heavy (non-hydrogen) atoms. The van der Waals surface area contributed by atoms with E-state index in [2.05, 4.69) is 34.0 Å². The monoisotopic (exact) mass is 730 g/mol. The Labute approximate surface area is 314 Å². The number of anilines is 1. The second-order valence-electron chi connectivity index (χ2n) is 11.5. The molecule has 0 saturated carbocycles. The van der Waals surface area contributed by atoms with Crippen LogP contribution in [0.4, 0.5) is 5.13 Å². The molecule has 1 heterocycles. The second-order valence-corrected chi connectivity index (χ2v) is 12.4. The van der Waals surface area contributed by atoms with Crippen molar-refractivity contribution in [2.75, 3.05) is 19.5 Å². The SMILES string of the molecule is CC#CC(CC(=O)Nc1nccs1)c1ccc(OCc2ccc(OC)cc2)cc1.CC#CC(CC(=O)O)c1ccc(OCc2ccc(OC)cc2)cc1. The van der Waals surface area contributed by atoms with Gasteiger partial charge in [-0.25, -0.2) is 4.98 Å². The molecule has 0 aliphatic heterocycles. The van der Waals surface area contributed by atoms with Gasteiger partial charge in [-0.15, -0.1) is 23.2 Å². The quantitative estimate of drug-likeness (QED) is 0.103. The van der Waals surface area contributed by atoms with Crippen molar-refractivity contribution >= 4 is 28.3 Å². The van der Waals surface area contributed by atoms with Crippen molar-refractivity contribution in [3.05, 3.63) is 131 Å². The zero-order chi connectivity index (χ0) is 37.8. The van der Waals surface area contributed by atoms with Gasteiger partial charge in [0, 0.05) is 18.0 Å². The number of aromatic nitrogens is 1. The van der Waals surface area contributed by atoms with E-state index in [4.69, 9.17) is 24.1 Å². The van der Waals surface area contributed by atoms with Crippen molar-refractivity contribution < 1.29 is 33.6 Å². The highest BCUT2D eigenvalue weighted by Gasteiger charge is 2.16. The number of benzene rings is 4. The first-order valence-electron chi connectivity index (χ1n) is 16.8. The molecule has 272 valence electrons. The molecule has 0 radical (unpaired) electrons. The number of amides is 1. The van der Waals surface area contributed by atoms with Gasteiger partial charge in [-0.1, -0.05) is 60.4 Å². The maximum Gasteiger partial charge on any atom is 0.304 e. The summed E-state index contributed by atoms with van der Waals surface area (Å²) in [6.07, 6.45) is 1.92. The minimum absolute atomic E-state index is 0.00705. The summed E-state index contributed by atoms with van der Waals surface area (Å²) in [6.45, 7) is 4.41. The number of thiazole rings is 1. The fraction of sp³-hybridized carbons (Fsp3) is 0.233. The number of hydrogen-bond donors (Lipinski definition) is 2. The van der Waals surface area contributed by atoms with Crippen LogP contribution in [0.3, 0.4) is 0 Å². The summed E-state index contributed by atoms with van der Waals surface area (Å²) >= 11 is 1.39. The van der Waals surface area contributed by atoms with Gasteiger partial charge in [0.2, 0.25) is 5.91 Å². The van der Waals surface area contributed by atoms with E-state index in [1.54, 1.807) is 34.3 Å². The first-order chi connectivity index (χ1) is 25.8. The topological polar surface area (TPSA) is 116 Å².